The molecule has 21 heavy (non-hydrogen) atoms. The van der Waals surface area contributed by atoms with Crippen molar-refractivity contribution in [3.05, 3.63) is 27.5 Å². The van der Waals surface area contributed by atoms with Crippen molar-refractivity contribution < 1.29 is 9.53 Å². The van der Waals surface area contributed by atoms with E-state index in [0.29, 0.717) is 17.1 Å². The molecule has 4 nitrogen and oxygen atoms in total. The molecule has 2 rings (SSSR count). The van der Waals surface area contributed by atoms with Crippen LogP contribution in [-0.4, -0.2) is 26.2 Å². The van der Waals surface area contributed by atoms with E-state index in [1.807, 2.05) is 18.2 Å². The fourth-order valence-electron chi connectivity index (χ4n) is 2.09. The summed E-state index contributed by atoms with van der Waals surface area (Å²) in [5, 5.41) is 3.86. The molecule has 3 N–H and O–H groups in total. The van der Waals surface area contributed by atoms with E-state index in [0.717, 1.165) is 40.4 Å². The normalized spacial score (nSPS) is 11.0. The summed E-state index contributed by atoms with van der Waals surface area (Å²) in [4.78, 5) is 12.8. The van der Waals surface area contributed by atoms with Crippen LogP contribution in [0.15, 0.2) is 22.7 Å². The number of nitrogen functional groups attached to an aromatic ring is 1. The van der Waals surface area contributed by atoms with Crippen molar-refractivity contribution in [2.24, 2.45) is 0 Å². The van der Waals surface area contributed by atoms with Gasteiger partial charge in [-0.25, -0.2) is 0 Å². The number of unbranched alkanes of at least 4 members (excludes halogenated alkanes) is 2. The van der Waals surface area contributed by atoms with E-state index in [2.05, 4.69) is 21.2 Å². The molecule has 0 atom stereocenters. The Bertz CT molecular complexity index is 627. The van der Waals surface area contributed by atoms with Crippen LogP contribution in [0.3, 0.4) is 0 Å². The summed E-state index contributed by atoms with van der Waals surface area (Å²) in [6, 6.07) is 5.88. The largest absolute Gasteiger partial charge is 0.397 e. The molecule has 1 aromatic heterocycles. The number of halogens is 1. The van der Waals surface area contributed by atoms with Crippen LogP contribution in [0.5, 0.6) is 0 Å². The van der Waals surface area contributed by atoms with Gasteiger partial charge < -0.3 is 15.8 Å². The number of amides is 1. The molecule has 0 bridgehead atoms. The number of ether oxygens (including phenoxy) is 1. The highest BCUT2D eigenvalue weighted by Gasteiger charge is 2.15. The van der Waals surface area contributed by atoms with E-state index < -0.39 is 0 Å². The number of hydrogen-bond donors (Lipinski definition) is 2. The van der Waals surface area contributed by atoms with Gasteiger partial charge in [0.15, 0.2) is 0 Å². The lowest BCUT2D eigenvalue weighted by Gasteiger charge is -2.04. The summed E-state index contributed by atoms with van der Waals surface area (Å²) in [6.07, 6.45) is 3.01. The third-order valence-electron chi connectivity index (χ3n) is 3.21. The minimum atomic E-state index is -0.0865. The number of anilines is 1. The molecule has 0 aliphatic rings. The number of carbonyl (C=O) groups excluding carboxylic acids is 1. The predicted molar refractivity (Wildman–Crippen MR) is 92.0 cm³/mol. The minimum Gasteiger partial charge on any atom is -0.397 e. The Morgan fingerprint density at radius 1 is 1.38 bits per heavy atom. The van der Waals surface area contributed by atoms with Gasteiger partial charge in [-0.3, -0.25) is 4.79 Å². The van der Waals surface area contributed by atoms with Crippen molar-refractivity contribution in [1.29, 1.82) is 0 Å². The monoisotopic (exact) mass is 370 g/mol. The fourth-order valence-corrected chi connectivity index (χ4v) is 3.47. The van der Waals surface area contributed by atoms with Crippen LogP contribution in [0.2, 0.25) is 0 Å². The molecule has 0 fully saturated rings. The van der Waals surface area contributed by atoms with Crippen molar-refractivity contribution in [2.45, 2.75) is 19.3 Å². The highest BCUT2D eigenvalue weighted by molar-refractivity contribution is 9.10. The van der Waals surface area contributed by atoms with Crippen LogP contribution < -0.4 is 11.1 Å². The fraction of sp³-hybridized carbons (Fsp3) is 0.400. The summed E-state index contributed by atoms with van der Waals surface area (Å²) in [5.74, 6) is -0.0865. The second kappa shape index (κ2) is 7.77. The first-order valence-electron chi connectivity index (χ1n) is 6.88. The Morgan fingerprint density at radius 3 is 2.95 bits per heavy atom. The molecule has 0 saturated carbocycles. The van der Waals surface area contributed by atoms with Crippen molar-refractivity contribution in [1.82, 2.24) is 5.32 Å². The Balaban J connectivity index is 1.95. The van der Waals surface area contributed by atoms with Crippen molar-refractivity contribution >= 4 is 48.9 Å². The van der Waals surface area contributed by atoms with E-state index >= 15 is 0 Å². The molecule has 1 heterocycles. The maximum absolute atomic E-state index is 12.2. The zero-order valence-electron chi connectivity index (χ0n) is 11.9. The van der Waals surface area contributed by atoms with Gasteiger partial charge in [-0.05, 0) is 37.5 Å². The molecule has 0 spiro atoms. The number of methoxy groups -OCH3 is 1. The third-order valence-corrected chi connectivity index (χ3v) is 4.88. The maximum Gasteiger partial charge on any atom is 0.263 e. The summed E-state index contributed by atoms with van der Waals surface area (Å²) >= 11 is 4.86. The number of carbonyl (C=O) groups is 1. The molecule has 0 saturated heterocycles. The van der Waals surface area contributed by atoms with Gasteiger partial charge in [-0.2, -0.15) is 0 Å². The number of rotatable bonds is 7. The average molecular weight is 371 g/mol. The molecule has 0 aliphatic heterocycles. The first kappa shape index (κ1) is 16.3. The molecule has 0 unspecified atom stereocenters. The first-order valence-corrected chi connectivity index (χ1v) is 8.49. The number of thiophene rings is 1. The van der Waals surface area contributed by atoms with Crippen LogP contribution in [0.25, 0.3) is 10.1 Å². The molecule has 6 heteroatoms. The van der Waals surface area contributed by atoms with E-state index in [1.165, 1.54) is 11.3 Å². The summed E-state index contributed by atoms with van der Waals surface area (Å²) in [5.41, 5.74) is 6.65. The van der Waals surface area contributed by atoms with E-state index in [-0.39, 0.29) is 5.91 Å². The Hall–Kier alpha value is -1.11. The highest BCUT2D eigenvalue weighted by atomic mass is 79.9. The Kier molecular flexibility index (Phi) is 6.02. The highest BCUT2D eigenvalue weighted by Crippen LogP contribution is 2.35. The van der Waals surface area contributed by atoms with Crippen LogP contribution >= 0.6 is 27.3 Å². The lowest BCUT2D eigenvalue weighted by molar-refractivity contribution is 0.0957. The van der Waals surface area contributed by atoms with Gasteiger partial charge in [0.25, 0.3) is 5.91 Å². The maximum atomic E-state index is 12.2. The van der Waals surface area contributed by atoms with E-state index in [9.17, 15) is 4.79 Å². The van der Waals surface area contributed by atoms with Crippen molar-refractivity contribution in [3.63, 3.8) is 0 Å². The first-order chi connectivity index (χ1) is 10.1. The van der Waals surface area contributed by atoms with Crippen LogP contribution in [0.1, 0.15) is 28.9 Å². The topological polar surface area (TPSA) is 64.3 Å². The molecule has 114 valence electrons. The summed E-state index contributed by atoms with van der Waals surface area (Å²) in [7, 11) is 1.70. The quantitative estimate of drug-likeness (QED) is 0.728. The zero-order chi connectivity index (χ0) is 15.2. The Labute approximate surface area is 136 Å². The molecule has 1 aromatic carbocycles. The van der Waals surface area contributed by atoms with Crippen molar-refractivity contribution in [3.8, 4) is 0 Å². The number of nitrogens with two attached hydrogens (primary N) is 1. The smallest absolute Gasteiger partial charge is 0.263 e. The average Bonchev–Trinajstić information content (AvgIpc) is 2.79. The standard InChI is InChI=1S/C15H19BrN2O2S/c1-20-8-4-2-3-7-18-15(19)14-13(17)11-9-10(16)5-6-12(11)21-14/h5-6,9H,2-4,7-8,17H2,1H3,(H,18,19). The van der Waals surface area contributed by atoms with Gasteiger partial charge >= 0.3 is 0 Å². The molecular formula is C15H19BrN2O2S. The minimum absolute atomic E-state index is 0.0865. The number of nitrogens with one attached hydrogen (secondary N) is 1. The SMILES string of the molecule is COCCCCCNC(=O)c1sc2ccc(Br)cc2c1N. The number of fused-ring (bicyclic) bond motifs is 1. The molecule has 2 aromatic rings. The molecule has 1 amide bonds. The Morgan fingerprint density at radius 2 is 2.19 bits per heavy atom. The second-order valence-corrected chi connectivity index (χ2v) is 6.76. The van der Waals surface area contributed by atoms with Crippen LogP contribution in [0.4, 0.5) is 5.69 Å². The van der Waals surface area contributed by atoms with E-state index in [1.54, 1.807) is 7.11 Å². The van der Waals surface area contributed by atoms with E-state index in [4.69, 9.17) is 10.5 Å². The second-order valence-electron chi connectivity index (χ2n) is 4.79. The lowest BCUT2D eigenvalue weighted by Crippen LogP contribution is -2.24. The zero-order valence-corrected chi connectivity index (χ0v) is 14.4. The molecule has 0 aliphatic carbocycles. The van der Waals surface area contributed by atoms with Crippen LogP contribution in [-0.2, 0) is 4.74 Å². The van der Waals surface area contributed by atoms with Gasteiger partial charge in [-0.15, -0.1) is 11.3 Å². The summed E-state index contributed by atoms with van der Waals surface area (Å²) < 4.78 is 6.98. The lowest BCUT2D eigenvalue weighted by atomic mass is 10.2. The number of benzene rings is 1. The van der Waals surface area contributed by atoms with Gasteiger partial charge in [0.1, 0.15) is 4.88 Å². The summed E-state index contributed by atoms with van der Waals surface area (Å²) in [6.45, 7) is 1.44. The number of hydrogen-bond acceptors (Lipinski definition) is 4. The van der Waals surface area contributed by atoms with Crippen molar-refractivity contribution in [2.75, 3.05) is 26.0 Å². The van der Waals surface area contributed by atoms with Gasteiger partial charge in [0, 0.05) is 34.8 Å². The van der Waals surface area contributed by atoms with Crippen LogP contribution in [0, 0.1) is 0 Å². The molecular weight excluding hydrogens is 352 g/mol. The third kappa shape index (κ3) is 4.18. The molecule has 0 radical (unpaired) electrons. The van der Waals surface area contributed by atoms with Gasteiger partial charge in [0.05, 0.1) is 5.69 Å². The predicted octanol–water partition coefficient (Wildman–Crippen LogP) is 3.79. The van der Waals surface area contributed by atoms with Gasteiger partial charge in [0.2, 0.25) is 0 Å². The van der Waals surface area contributed by atoms with Gasteiger partial charge in [-0.1, -0.05) is 15.9 Å².